The van der Waals surface area contributed by atoms with Crippen LogP contribution in [0.3, 0.4) is 0 Å². The van der Waals surface area contributed by atoms with Crippen LogP contribution in [0.25, 0.3) is 0 Å². The molecule has 4 nitrogen and oxygen atoms in total. The van der Waals surface area contributed by atoms with Crippen molar-refractivity contribution >= 4 is 17.6 Å². The van der Waals surface area contributed by atoms with Crippen molar-refractivity contribution in [1.29, 1.82) is 0 Å². The predicted molar refractivity (Wildman–Crippen MR) is 54.6 cm³/mol. The van der Waals surface area contributed by atoms with Crippen molar-refractivity contribution in [2.45, 2.75) is 38.1 Å². The number of aromatic nitrogens is 2. The summed E-state index contributed by atoms with van der Waals surface area (Å²) in [5.41, 5.74) is 0. The molecule has 0 N–H and O–H groups in total. The van der Waals surface area contributed by atoms with Crippen molar-refractivity contribution < 1.29 is 4.42 Å². The summed E-state index contributed by atoms with van der Waals surface area (Å²) in [5.74, 6) is 0.501. The summed E-state index contributed by atoms with van der Waals surface area (Å²) in [6.07, 6.45) is 2.38. The molecule has 1 saturated heterocycles. The molecule has 14 heavy (non-hydrogen) atoms. The SMILES string of the molecule is CC(Cl)c1nnc(N2CCCC2C)o1. The minimum atomic E-state index is -0.214. The molecular weight excluding hydrogens is 202 g/mol. The number of alkyl halides is 1. The van der Waals surface area contributed by atoms with E-state index in [0.717, 1.165) is 6.54 Å². The lowest BCUT2D eigenvalue weighted by atomic mass is 10.2. The topological polar surface area (TPSA) is 42.2 Å². The Morgan fingerprint density at radius 2 is 2.36 bits per heavy atom. The highest BCUT2D eigenvalue weighted by atomic mass is 35.5. The molecule has 0 spiro atoms. The molecule has 1 aromatic heterocycles. The van der Waals surface area contributed by atoms with E-state index in [2.05, 4.69) is 22.0 Å². The third kappa shape index (κ3) is 1.71. The quantitative estimate of drug-likeness (QED) is 0.711. The maximum atomic E-state index is 5.84. The summed E-state index contributed by atoms with van der Waals surface area (Å²) in [4.78, 5) is 2.13. The first-order valence-electron chi connectivity index (χ1n) is 4.92. The molecule has 1 fully saturated rings. The average molecular weight is 216 g/mol. The predicted octanol–water partition coefficient (Wildman–Crippen LogP) is 2.36. The summed E-state index contributed by atoms with van der Waals surface area (Å²) in [5, 5.41) is 7.69. The molecule has 2 rings (SSSR count). The van der Waals surface area contributed by atoms with E-state index in [-0.39, 0.29) is 5.38 Å². The fourth-order valence-corrected chi connectivity index (χ4v) is 1.81. The summed E-state index contributed by atoms with van der Waals surface area (Å²) in [7, 11) is 0. The molecule has 78 valence electrons. The van der Waals surface area contributed by atoms with Gasteiger partial charge in [-0.25, -0.2) is 0 Å². The van der Waals surface area contributed by atoms with Crippen LogP contribution in [-0.2, 0) is 0 Å². The van der Waals surface area contributed by atoms with E-state index in [1.807, 2.05) is 6.92 Å². The Kier molecular flexibility index (Phi) is 2.63. The maximum absolute atomic E-state index is 5.84. The highest BCUT2D eigenvalue weighted by Crippen LogP contribution is 2.26. The Hall–Kier alpha value is -0.770. The van der Waals surface area contributed by atoms with E-state index in [1.54, 1.807) is 0 Å². The molecule has 1 aromatic rings. The number of halogens is 1. The van der Waals surface area contributed by atoms with Crippen molar-refractivity contribution in [2.24, 2.45) is 0 Å². The fraction of sp³-hybridized carbons (Fsp3) is 0.778. The Balaban J connectivity index is 2.16. The lowest BCUT2D eigenvalue weighted by Crippen LogP contribution is -2.26. The zero-order chi connectivity index (χ0) is 10.1. The molecule has 5 heteroatoms. The third-order valence-corrected chi connectivity index (χ3v) is 2.76. The van der Waals surface area contributed by atoms with Gasteiger partial charge in [0.1, 0.15) is 5.38 Å². The van der Waals surface area contributed by atoms with Crippen LogP contribution in [0, 0.1) is 0 Å². The van der Waals surface area contributed by atoms with Gasteiger partial charge < -0.3 is 9.32 Å². The fourth-order valence-electron chi connectivity index (χ4n) is 1.72. The smallest absolute Gasteiger partial charge is 0.318 e. The van der Waals surface area contributed by atoms with Gasteiger partial charge in [-0.3, -0.25) is 0 Å². The van der Waals surface area contributed by atoms with Gasteiger partial charge in [-0.2, -0.15) is 0 Å². The second kappa shape index (κ2) is 3.77. The molecule has 0 amide bonds. The first-order chi connectivity index (χ1) is 6.68. The van der Waals surface area contributed by atoms with Gasteiger partial charge in [-0.1, -0.05) is 5.10 Å². The normalized spacial score (nSPS) is 24.2. The van der Waals surface area contributed by atoms with Crippen LogP contribution in [-0.4, -0.2) is 22.8 Å². The van der Waals surface area contributed by atoms with Crippen molar-refractivity contribution in [3.05, 3.63) is 5.89 Å². The first kappa shape index (κ1) is 9.77. The van der Waals surface area contributed by atoms with Crippen molar-refractivity contribution in [1.82, 2.24) is 10.2 Å². The summed E-state index contributed by atoms with van der Waals surface area (Å²) in [6.45, 7) is 4.99. The number of hydrogen-bond donors (Lipinski definition) is 0. The van der Waals surface area contributed by atoms with E-state index in [4.69, 9.17) is 16.0 Å². The summed E-state index contributed by atoms with van der Waals surface area (Å²) in [6, 6.07) is 1.10. The second-order valence-electron chi connectivity index (χ2n) is 3.72. The number of hydrogen-bond acceptors (Lipinski definition) is 4. The van der Waals surface area contributed by atoms with Gasteiger partial charge >= 0.3 is 6.01 Å². The maximum Gasteiger partial charge on any atom is 0.318 e. The molecule has 0 bridgehead atoms. The Morgan fingerprint density at radius 3 is 2.86 bits per heavy atom. The van der Waals surface area contributed by atoms with Gasteiger partial charge in [-0.15, -0.1) is 16.7 Å². The first-order valence-corrected chi connectivity index (χ1v) is 5.36. The summed E-state index contributed by atoms with van der Waals surface area (Å²) >= 11 is 5.84. The van der Waals surface area contributed by atoms with Crippen LogP contribution in [0.2, 0.25) is 0 Å². The highest BCUT2D eigenvalue weighted by molar-refractivity contribution is 6.20. The van der Waals surface area contributed by atoms with E-state index in [9.17, 15) is 0 Å². The Morgan fingerprint density at radius 1 is 1.57 bits per heavy atom. The van der Waals surface area contributed by atoms with E-state index in [0.29, 0.717) is 17.9 Å². The zero-order valence-electron chi connectivity index (χ0n) is 8.40. The summed E-state index contributed by atoms with van der Waals surface area (Å²) < 4.78 is 5.47. The van der Waals surface area contributed by atoms with Gasteiger partial charge in [-0.05, 0) is 26.7 Å². The standard InChI is InChI=1S/C9H14ClN3O/c1-6-4-3-5-13(6)9-12-11-8(14-9)7(2)10/h6-7H,3-5H2,1-2H3. The van der Waals surface area contributed by atoms with Gasteiger partial charge in [0.15, 0.2) is 0 Å². The van der Waals surface area contributed by atoms with Gasteiger partial charge in [0.05, 0.1) is 0 Å². The van der Waals surface area contributed by atoms with Gasteiger partial charge in [0.2, 0.25) is 5.89 Å². The molecule has 0 aromatic carbocycles. The minimum Gasteiger partial charge on any atom is -0.406 e. The number of anilines is 1. The molecular formula is C9H14ClN3O. The zero-order valence-corrected chi connectivity index (χ0v) is 9.16. The molecule has 1 aliphatic heterocycles. The lowest BCUT2D eigenvalue weighted by Gasteiger charge is -2.17. The molecule has 2 unspecified atom stereocenters. The van der Waals surface area contributed by atoms with Gasteiger partial charge in [0.25, 0.3) is 0 Å². The third-order valence-electron chi connectivity index (χ3n) is 2.57. The van der Waals surface area contributed by atoms with E-state index >= 15 is 0 Å². The Bertz CT molecular complexity index is 313. The minimum absolute atomic E-state index is 0.214. The molecule has 0 saturated carbocycles. The van der Waals surface area contributed by atoms with Crippen LogP contribution in [0.1, 0.15) is 38.0 Å². The molecule has 2 atom stereocenters. The van der Waals surface area contributed by atoms with Crippen LogP contribution in [0.4, 0.5) is 6.01 Å². The highest BCUT2D eigenvalue weighted by Gasteiger charge is 2.25. The van der Waals surface area contributed by atoms with Crippen molar-refractivity contribution in [3.8, 4) is 0 Å². The van der Waals surface area contributed by atoms with E-state index < -0.39 is 0 Å². The second-order valence-corrected chi connectivity index (χ2v) is 4.38. The van der Waals surface area contributed by atoms with Gasteiger partial charge in [0, 0.05) is 12.6 Å². The van der Waals surface area contributed by atoms with E-state index in [1.165, 1.54) is 12.8 Å². The number of rotatable bonds is 2. The molecule has 2 heterocycles. The van der Waals surface area contributed by atoms with Crippen molar-refractivity contribution in [2.75, 3.05) is 11.4 Å². The lowest BCUT2D eigenvalue weighted by molar-refractivity contribution is 0.481. The average Bonchev–Trinajstić information content (AvgIpc) is 2.71. The largest absolute Gasteiger partial charge is 0.406 e. The van der Waals surface area contributed by atoms with Crippen LogP contribution < -0.4 is 4.90 Å². The molecule has 1 aliphatic rings. The van der Waals surface area contributed by atoms with Crippen molar-refractivity contribution in [3.63, 3.8) is 0 Å². The molecule has 0 radical (unpaired) electrons. The van der Waals surface area contributed by atoms with Crippen LogP contribution in [0.15, 0.2) is 4.42 Å². The molecule has 0 aliphatic carbocycles. The van der Waals surface area contributed by atoms with Crippen LogP contribution >= 0.6 is 11.6 Å². The van der Waals surface area contributed by atoms with Crippen LogP contribution in [0.5, 0.6) is 0 Å². The Labute approximate surface area is 88.2 Å². The monoisotopic (exact) mass is 215 g/mol. The number of nitrogens with zero attached hydrogens (tertiary/aromatic N) is 3.